The molecule has 114 valence electrons. The highest BCUT2D eigenvalue weighted by Gasteiger charge is 2.22. The van der Waals surface area contributed by atoms with E-state index in [0.29, 0.717) is 0 Å². The molecule has 0 bridgehead atoms. The van der Waals surface area contributed by atoms with Crippen molar-refractivity contribution in [1.29, 1.82) is 0 Å². The molecule has 0 radical (unpaired) electrons. The lowest BCUT2D eigenvalue weighted by Gasteiger charge is -2.14. The van der Waals surface area contributed by atoms with Gasteiger partial charge in [0, 0.05) is 22.7 Å². The normalized spacial score (nSPS) is 11.5. The van der Waals surface area contributed by atoms with Gasteiger partial charge < -0.3 is 20.9 Å². The highest BCUT2D eigenvalue weighted by molar-refractivity contribution is 6.31. The maximum absolute atomic E-state index is 12.0. The van der Waals surface area contributed by atoms with Crippen LogP contribution in [0.25, 0.3) is 0 Å². The quantitative estimate of drug-likeness (QED) is 0.533. The Bertz CT molecular complexity index is 541. The van der Waals surface area contributed by atoms with Gasteiger partial charge in [0.25, 0.3) is 5.91 Å². The van der Waals surface area contributed by atoms with Crippen molar-refractivity contribution in [2.24, 2.45) is 0 Å². The molecule has 8 heteroatoms. The number of carbonyl (C=O) groups excluding carboxylic acids is 2. The summed E-state index contributed by atoms with van der Waals surface area (Å²) >= 11 is 5.78. The second kappa shape index (κ2) is 7.49. The van der Waals surface area contributed by atoms with Gasteiger partial charge in [-0.1, -0.05) is 11.6 Å². The molecule has 4 N–H and O–H groups in total. The number of carboxylic acids is 1. The number of hydrogen-bond acceptors (Lipinski definition) is 5. The van der Waals surface area contributed by atoms with Crippen molar-refractivity contribution in [3.8, 4) is 0 Å². The number of nitrogens with one attached hydrogen (secondary N) is 1. The van der Waals surface area contributed by atoms with Crippen LogP contribution in [0.4, 0.5) is 5.69 Å². The number of hydrogen-bond donors (Lipinski definition) is 3. The zero-order chi connectivity index (χ0) is 16.0. The second-order valence-electron chi connectivity index (χ2n) is 4.25. The fourth-order valence-corrected chi connectivity index (χ4v) is 1.85. The summed E-state index contributed by atoms with van der Waals surface area (Å²) in [5, 5.41) is 11.6. The average Bonchev–Trinajstić information content (AvgIpc) is 2.41. The minimum absolute atomic E-state index is 0.0796. The Kier molecular flexibility index (Phi) is 5.98. The Balaban J connectivity index is 2.76. The van der Waals surface area contributed by atoms with Crippen molar-refractivity contribution in [1.82, 2.24) is 5.32 Å². The molecule has 0 aliphatic carbocycles. The van der Waals surface area contributed by atoms with Crippen LogP contribution in [-0.4, -0.2) is 36.1 Å². The van der Waals surface area contributed by atoms with Crippen LogP contribution in [0.3, 0.4) is 0 Å². The summed E-state index contributed by atoms with van der Waals surface area (Å²) in [5.74, 6) is -2.44. The molecule has 1 atom stereocenters. The number of benzene rings is 1. The highest BCUT2D eigenvalue weighted by atomic mass is 35.5. The molecule has 0 spiro atoms. The van der Waals surface area contributed by atoms with Crippen LogP contribution in [0, 0.1) is 0 Å². The number of ether oxygens (including phenoxy) is 1. The Morgan fingerprint density at radius 2 is 2.05 bits per heavy atom. The molecule has 21 heavy (non-hydrogen) atoms. The van der Waals surface area contributed by atoms with Gasteiger partial charge in [-0.25, -0.2) is 4.79 Å². The van der Waals surface area contributed by atoms with Crippen LogP contribution in [0.15, 0.2) is 18.2 Å². The van der Waals surface area contributed by atoms with Crippen LogP contribution in [0.2, 0.25) is 5.02 Å². The number of methoxy groups -OCH3 is 1. The van der Waals surface area contributed by atoms with Crippen molar-refractivity contribution in [3.63, 3.8) is 0 Å². The molecule has 0 aromatic heterocycles. The number of halogens is 1. The largest absolute Gasteiger partial charge is 0.480 e. The number of aliphatic carboxylic acids is 1. The Morgan fingerprint density at radius 1 is 1.38 bits per heavy atom. The van der Waals surface area contributed by atoms with Crippen molar-refractivity contribution in [2.45, 2.75) is 18.9 Å². The van der Waals surface area contributed by atoms with Gasteiger partial charge in [-0.05, 0) is 24.6 Å². The third-order valence-corrected chi connectivity index (χ3v) is 2.87. The summed E-state index contributed by atoms with van der Waals surface area (Å²) < 4.78 is 4.42. The molecule has 0 aliphatic rings. The molecule has 7 nitrogen and oxygen atoms in total. The van der Waals surface area contributed by atoms with Gasteiger partial charge in [0.05, 0.1) is 7.11 Å². The van der Waals surface area contributed by atoms with Crippen LogP contribution >= 0.6 is 11.6 Å². The van der Waals surface area contributed by atoms with Crippen molar-refractivity contribution in [3.05, 3.63) is 28.8 Å². The van der Waals surface area contributed by atoms with Crippen LogP contribution in [-0.2, 0) is 14.3 Å². The zero-order valence-corrected chi connectivity index (χ0v) is 12.0. The number of amides is 1. The topological polar surface area (TPSA) is 119 Å². The lowest BCUT2D eigenvalue weighted by atomic mass is 10.1. The molecule has 0 unspecified atom stereocenters. The van der Waals surface area contributed by atoms with E-state index in [2.05, 4.69) is 10.1 Å². The number of esters is 1. The fraction of sp³-hybridized carbons (Fsp3) is 0.308. The lowest BCUT2D eigenvalue weighted by Crippen LogP contribution is -2.41. The first-order valence-electron chi connectivity index (χ1n) is 6.00. The first-order chi connectivity index (χ1) is 9.83. The van der Waals surface area contributed by atoms with Crippen LogP contribution in [0.5, 0.6) is 0 Å². The van der Waals surface area contributed by atoms with E-state index in [-0.39, 0.29) is 29.1 Å². The van der Waals surface area contributed by atoms with Gasteiger partial charge >= 0.3 is 11.9 Å². The van der Waals surface area contributed by atoms with Crippen LogP contribution < -0.4 is 11.1 Å². The molecule has 1 aromatic carbocycles. The van der Waals surface area contributed by atoms with Gasteiger partial charge in [-0.2, -0.15) is 0 Å². The molecule has 1 amide bonds. The molecular formula is C13H15ClN2O5. The molecule has 0 saturated heterocycles. The second-order valence-corrected chi connectivity index (χ2v) is 4.69. The van der Waals surface area contributed by atoms with E-state index < -0.39 is 23.9 Å². The Hall–Kier alpha value is -2.28. The van der Waals surface area contributed by atoms with Gasteiger partial charge in [0.15, 0.2) is 0 Å². The molecule has 1 rings (SSSR count). The Labute approximate surface area is 126 Å². The standard InChI is InChI=1S/C13H15ClN2O5/c1-21-11(17)3-2-10(13(19)20)16-12(18)7-4-8(14)6-9(15)5-7/h4-6,10H,2-3,15H2,1H3,(H,16,18)(H,19,20)/t10-/m1/s1. The summed E-state index contributed by atoms with van der Waals surface area (Å²) in [6, 6.07) is 2.99. The van der Waals surface area contributed by atoms with Gasteiger partial charge in [-0.15, -0.1) is 0 Å². The fourth-order valence-electron chi connectivity index (χ4n) is 1.61. The van der Waals surface area contributed by atoms with Crippen LogP contribution in [0.1, 0.15) is 23.2 Å². The molecule has 0 aliphatic heterocycles. The van der Waals surface area contributed by atoms with E-state index in [1.165, 1.54) is 25.3 Å². The van der Waals surface area contributed by atoms with Crippen molar-refractivity contribution >= 4 is 35.1 Å². The minimum Gasteiger partial charge on any atom is -0.480 e. The van der Waals surface area contributed by atoms with Gasteiger partial charge in [-0.3, -0.25) is 9.59 Å². The number of anilines is 1. The summed E-state index contributed by atoms with van der Waals surface area (Å²) in [4.78, 5) is 34.1. The number of nitrogen functional groups attached to an aromatic ring is 1. The smallest absolute Gasteiger partial charge is 0.326 e. The Morgan fingerprint density at radius 3 is 2.57 bits per heavy atom. The van der Waals surface area contributed by atoms with E-state index in [1.807, 2.05) is 0 Å². The predicted molar refractivity (Wildman–Crippen MR) is 76.0 cm³/mol. The third kappa shape index (κ3) is 5.31. The van der Waals surface area contributed by atoms with E-state index in [9.17, 15) is 14.4 Å². The minimum atomic E-state index is -1.25. The number of carboxylic acid groups (broad SMARTS) is 1. The average molecular weight is 315 g/mol. The molecule has 0 fully saturated rings. The monoisotopic (exact) mass is 314 g/mol. The van der Waals surface area contributed by atoms with Gasteiger partial charge in [0.2, 0.25) is 0 Å². The number of carbonyl (C=O) groups is 3. The molecule has 0 saturated carbocycles. The summed E-state index contributed by atoms with van der Waals surface area (Å²) in [7, 11) is 1.20. The van der Waals surface area contributed by atoms with E-state index in [1.54, 1.807) is 0 Å². The molecule has 0 heterocycles. The summed E-state index contributed by atoms with van der Waals surface area (Å²) in [6.45, 7) is 0. The first kappa shape index (κ1) is 16.8. The maximum Gasteiger partial charge on any atom is 0.326 e. The van der Waals surface area contributed by atoms with Crippen molar-refractivity contribution < 1.29 is 24.2 Å². The number of nitrogens with two attached hydrogens (primary N) is 1. The lowest BCUT2D eigenvalue weighted by molar-refractivity contribution is -0.142. The van der Waals surface area contributed by atoms with E-state index in [4.69, 9.17) is 22.4 Å². The van der Waals surface area contributed by atoms with Crippen molar-refractivity contribution in [2.75, 3.05) is 12.8 Å². The first-order valence-corrected chi connectivity index (χ1v) is 6.38. The molecule has 1 aromatic rings. The predicted octanol–water partition coefficient (Wildman–Crippen LogP) is 1.06. The van der Waals surface area contributed by atoms with E-state index >= 15 is 0 Å². The maximum atomic E-state index is 12.0. The van der Waals surface area contributed by atoms with Gasteiger partial charge in [0.1, 0.15) is 6.04 Å². The summed E-state index contributed by atoms with van der Waals surface area (Å²) in [6.07, 6.45) is -0.199. The zero-order valence-electron chi connectivity index (χ0n) is 11.3. The third-order valence-electron chi connectivity index (χ3n) is 2.65. The SMILES string of the molecule is COC(=O)CC[C@@H](NC(=O)c1cc(N)cc(Cl)c1)C(=O)O. The highest BCUT2D eigenvalue weighted by Crippen LogP contribution is 2.16. The summed E-state index contributed by atoms with van der Waals surface area (Å²) in [5.41, 5.74) is 5.99. The number of rotatable bonds is 6. The molecular weight excluding hydrogens is 300 g/mol. The van der Waals surface area contributed by atoms with E-state index in [0.717, 1.165) is 0 Å².